The lowest BCUT2D eigenvalue weighted by Gasteiger charge is -2.48. The molecular weight excluding hydrogens is 294 g/mol. The number of hydrogen-bond acceptors (Lipinski definition) is 2. The van der Waals surface area contributed by atoms with Crippen LogP contribution in [-0.4, -0.2) is 6.61 Å². The summed E-state index contributed by atoms with van der Waals surface area (Å²) in [5, 5.41) is 6.40. The van der Waals surface area contributed by atoms with Crippen LogP contribution in [0.3, 0.4) is 0 Å². The molecule has 3 aromatic rings. The normalized spacial score (nSPS) is 23.4. The molecular formula is C22H21NO. The number of anilines is 1. The zero-order valence-electron chi connectivity index (χ0n) is 14.0. The molecule has 2 aliphatic rings. The summed E-state index contributed by atoms with van der Waals surface area (Å²) in [6.45, 7) is 5.46. The van der Waals surface area contributed by atoms with E-state index >= 15 is 0 Å². The van der Waals surface area contributed by atoms with Crippen molar-refractivity contribution in [1.29, 1.82) is 0 Å². The number of nitrogens with one attached hydrogen (secondary N) is 1. The molecule has 0 bridgehead atoms. The minimum absolute atomic E-state index is 0.0706. The molecule has 0 aromatic heterocycles. The second kappa shape index (κ2) is 4.76. The van der Waals surface area contributed by atoms with Gasteiger partial charge in [0.2, 0.25) is 0 Å². The Labute approximate surface area is 142 Å². The van der Waals surface area contributed by atoms with Crippen LogP contribution in [0.15, 0.2) is 60.7 Å². The van der Waals surface area contributed by atoms with Gasteiger partial charge in [0.25, 0.3) is 0 Å². The molecule has 120 valence electrons. The van der Waals surface area contributed by atoms with Gasteiger partial charge >= 0.3 is 0 Å². The zero-order chi connectivity index (χ0) is 16.3. The van der Waals surface area contributed by atoms with Crippen LogP contribution in [-0.2, 0) is 5.41 Å². The smallest absolute Gasteiger partial charge is 0.125 e. The molecule has 0 aliphatic carbocycles. The van der Waals surface area contributed by atoms with E-state index in [9.17, 15) is 0 Å². The van der Waals surface area contributed by atoms with Gasteiger partial charge in [0, 0.05) is 22.6 Å². The third-order valence-electron chi connectivity index (χ3n) is 5.92. The molecule has 2 atom stereocenters. The van der Waals surface area contributed by atoms with E-state index in [0.29, 0.717) is 5.92 Å². The number of fused-ring (bicyclic) bond motifs is 6. The van der Waals surface area contributed by atoms with Crippen molar-refractivity contribution in [2.75, 3.05) is 11.9 Å². The van der Waals surface area contributed by atoms with Crippen LogP contribution < -0.4 is 10.1 Å². The molecule has 0 saturated carbocycles. The van der Waals surface area contributed by atoms with Crippen molar-refractivity contribution in [2.24, 2.45) is 5.92 Å². The summed E-state index contributed by atoms with van der Waals surface area (Å²) in [4.78, 5) is 0. The van der Waals surface area contributed by atoms with Crippen LogP contribution >= 0.6 is 0 Å². The summed E-state index contributed by atoms with van der Waals surface area (Å²) in [6.07, 6.45) is 0. The van der Waals surface area contributed by atoms with E-state index in [1.54, 1.807) is 0 Å². The minimum atomic E-state index is 0.0706. The van der Waals surface area contributed by atoms with Gasteiger partial charge in [0.1, 0.15) is 5.75 Å². The number of para-hydroxylation sites is 1. The average Bonchev–Trinajstić information content (AvgIpc) is 2.61. The summed E-state index contributed by atoms with van der Waals surface area (Å²) in [5.74, 6) is 1.43. The van der Waals surface area contributed by atoms with E-state index in [1.807, 2.05) is 0 Å². The number of hydrogen-bond donors (Lipinski definition) is 1. The Bertz CT molecular complexity index is 944. The largest absolute Gasteiger partial charge is 0.493 e. The van der Waals surface area contributed by atoms with Gasteiger partial charge in [-0.05, 0) is 28.5 Å². The fourth-order valence-corrected chi connectivity index (χ4v) is 4.54. The molecule has 2 heterocycles. The van der Waals surface area contributed by atoms with Gasteiger partial charge in [-0.1, -0.05) is 62.4 Å². The molecule has 0 spiro atoms. The first-order valence-corrected chi connectivity index (χ1v) is 8.67. The van der Waals surface area contributed by atoms with Crippen LogP contribution in [0.2, 0.25) is 0 Å². The molecule has 2 aliphatic heterocycles. The monoisotopic (exact) mass is 315 g/mol. The van der Waals surface area contributed by atoms with Crippen molar-refractivity contribution in [3.05, 3.63) is 71.8 Å². The van der Waals surface area contributed by atoms with Crippen LogP contribution in [0, 0.1) is 5.92 Å². The Morgan fingerprint density at radius 1 is 0.958 bits per heavy atom. The highest BCUT2D eigenvalue weighted by Crippen LogP contribution is 2.53. The lowest BCUT2D eigenvalue weighted by molar-refractivity contribution is 0.137. The third kappa shape index (κ3) is 1.77. The van der Waals surface area contributed by atoms with Crippen molar-refractivity contribution in [2.45, 2.75) is 25.3 Å². The number of ether oxygens (including phenoxy) is 1. The highest BCUT2D eigenvalue weighted by Gasteiger charge is 2.46. The molecule has 2 nitrogen and oxygen atoms in total. The third-order valence-corrected chi connectivity index (χ3v) is 5.92. The Balaban J connectivity index is 1.77. The van der Waals surface area contributed by atoms with Crippen molar-refractivity contribution in [3.63, 3.8) is 0 Å². The van der Waals surface area contributed by atoms with Gasteiger partial charge in [-0.3, -0.25) is 0 Å². The van der Waals surface area contributed by atoms with E-state index in [-0.39, 0.29) is 11.5 Å². The summed E-state index contributed by atoms with van der Waals surface area (Å²) >= 11 is 0. The molecule has 0 saturated heterocycles. The fourth-order valence-electron chi connectivity index (χ4n) is 4.54. The second-order valence-electron chi connectivity index (χ2n) is 7.51. The first-order valence-electron chi connectivity index (χ1n) is 8.67. The predicted octanol–water partition coefficient (Wildman–Crippen LogP) is 5.29. The van der Waals surface area contributed by atoms with Crippen molar-refractivity contribution >= 4 is 16.5 Å². The van der Waals surface area contributed by atoms with Gasteiger partial charge in [0.05, 0.1) is 12.6 Å². The van der Waals surface area contributed by atoms with Crippen molar-refractivity contribution in [3.8, 4) is 5.75 Å². The maximum Gasteiger partial charge on any atom is 0.125 e. The van der Waals surface area contributed by atoms with Crippen LogP contribution in [0.4, 0.5) is 5.69 Å². The van der Waals surface area contributed by atoms with Crippen LogP contribution in [0.1, 0.15) is 31.0 Å². The molecule has 24 heavy (non-hydrogen) atoms. The highest BCUT2D eigenvalue weighted by molar-refractivity contribution is 5.89. The minimum Gasteiger partial charge on any atom is -0.493 e. The molecule has 0 amide bonds. The van der Waals surface area contributed by atoms with E-state index in [0.717, 1.165) is 12.4 Å². The summed E-state index contributed by atoms with van der Waals surface area (Å²) in [6, 6.07) is 21.9. The van der Waals surface area contributed by atoms with E-state index in [4.69, 9.17) is 4.74 Å². The molecule has 0 radical (unpaired) electrons. The fraction of sp³-hybridized carbons (Fsp3) is 0.273. The van der Waals surface area contributed by atoms with Gasteiger partial charge in [-0.2, -0.15) is 0 Å². The first kappa shape index (κ1) is 13.9. The van der Waals surface area contributed by atoms with Gasteiger partial charge < -0.3 is 10.1 Å². The topological polar surface area (TPSA) is 21.3 Å². The van der Waals surface area contributed by atoms with Crippen molar-refractivity contribution < 1.29 is 4.74 Å². The Morgan fingerprint density at radius 2 is 1.75 bits per heavy atom. The zero-order valence-corrected chi connectivity index (χ0v) is 14.0. The first-order chi connectivity index (χ1) is 11.7. The molecule has 5 rings (SSSR count). The average molecular weight is 315 g/mol. The Kier molecular flexibility index (Phi) is 2.76. The number of benzene rings is 3. The summed E-state index contributed by atoms with van der Waals surface area (Å²) < 4.78 is 6.21. The Morgan fingerprint density at radius 3 is 2.67 bits per heavy atom. The lowest BCUT2D eigenvalue weighted by Crippen LogP contribution is -2.46. The number of rotatable bonds is 0. The van der Waals surface area contributed by atoms with Crippen molar-refractivity contribution in [1.82, 2.24) is 0 Å². The van der Waals surface area contributed by atoms with Crippen LogP contribution in [0.25, 0.3) is 10.8 Å². The van der Waals surface area contributed by atoms with Gasteiger partial charge in [-0.25, -0.2) is 0 Å². The van der Waals surface area contributed by atoms with E-state index < -0.39 is 0 Å². The summed E-state index contributed by atoms with van der Waals surface area (Å²) in [5.41, 5.74) is 4.02. The SMILES string of the molecule is CC1(C)c2ccccc2N[C@H]2c3c(ccc4ccccc34)OC[C@H]21. The van der Waals surface area contributed by atoms with Gasteiger partial charge in [0.15, 0.2) is 0 Å². The molecule has 0 fully saturated rings. The Hall–Kier alpha value is -2.48. The van der Waals surface area contributed by atoms with Crippen LogP contribution in [0.5, 0.6) is 5.75 Å². The quantitative estimate of drug-likeness (QED) is 0.608. The molecule has 2 heteroatoms. The van der Waals surface area contributed by atoms with E-state index in [1.165, 1.54) is 27.6 Å². The highest BCUT2D eigenvalue weighted by atomic mass is 16.5. The van der Waals surface area contributed by atoms with E-state index in [2.05, 4.69) is 79.8 Å². The van der Waals surface area contributed by atoms with Gasteiger partial charge in [-0.15, -0.1) is 0 Å². The summed E-state index contributed by atoms with van der Waals surface area (Å²) in [7, 11) is 0. The lowest BCUT2D eigenvalue weighted by atomic mass is 9.65. The standard InChI is InChI=1S/C22H21NO/c1-22(2)16-9-5-6-10-18(16)23-21-17(22)13-24-19-12-11-14-7-3-4-8-15(14)20(19)21/h3-12,17,21,23H,13H2,1-2H3/t17-,21-/m1/s1. The maximum absolute atomic E-state index is 6.21. The maximum atomic E-state index is 6.21. The second-order valence-corrected chi connectivity index (χ2v) is 7.51. The molecule has 1 N–H and O–H groups in total. The molecule has 0 unspecified atom stereocenters. The molecule has 3 aromatic carbocycles. The predicted molar refractivity (Wildman–Crippen MR) is 98.8 cm³/mol.